The second-order valence-electron chi connectivity index (χ2n) is 6.40. The Balaban J connectivity index is 2.01. The van der Waals surface area contributed by atoms with Gasteiger partial charge in [0.15, 0.2) is 5.82 Å². The van der Waals surface area contributed by atoms with Crippen molar-refractivity contribution >= 4 is 66.4 Å². The number of aromatic nitrogens is 1. The number of hydrogen-bond acceptors (Lipinski definition) is 5. The fourth-order valence-corrected chi connectivity index (χ4v) is 4.70. The van der Waals surface area contributed by atoms with Gasteiger partial charge in [-0.15, -0.1) is 0 Å². The number of benzene rings is 1. The molecule has 2 aromatic rings. The Morgan fingerprint density at radius 1 is 1.34 bits per heavy atom. The number of fused-ring (bicyclic) bond motifs is 1. The molecule has 3 rings (SSSR count). The lowest BCUT2D eigenvalue weighted by molar-refractivity contribution is -0.126. The monoisotopic (exact) mass is 497 g/mol. The zero-order valence-electron chi connectivity index (χ0n) is 15.4. The molecule has 0 spiro atoms. The van der Waals surface area contributed by atoms with E-state index in [9.17, 15) is 9.90 Å². The quantitative estimate of drug-likeness (QED) is 0.346. The Kier molecular flexibility index (Phi) is 6.45. The first-order valence-corrected chi connectivity index (χ1v) is 10.6. The number of allylic oxidation sites excluding steroid dienone is 3. The fraction of sp³-hybridized carbons (Fsp3) is 0.200. The highest BCUT2D eigenvalue weighted by Crippen LogP contribution is 2.41. The van der Waals surface area contributed by atoms with Crippen LogP contribution in [0.3, 0.4) is 0 Å². The molecule has 2 heterocycles. The van der Waals surface area contributed by atoms with Gasteiger partial charge in [-0.05, 0) is 29.8 Å². The van der Waals surface area contributed by atoms with Crippen molar-refractivity contribution in [2.24, 2.45) is 0 Å². The van der Waals surface area contributed by atoms with Crippen molar-refractivity contribution in [3.8, 4) is 0 Å². The lowest BCUT2D eigenvalue weighted by atomic mass is 10.0. The molecule has 5 nitrogen and oxygen atoms in total. The SMILES string of the molecule is C=CC(=O)N1CCN(c2snc3c(F)c(/C(=C/C(=C)O)C(=C)Br)c(Cl)cc23)CC1. The van der Waals surface area contributed by atoms with Crippen LogP contribution >= 0.6 is 39.1 Å². The Morgan fingerprint density at radius 2 is 2.00 bits per heavy atom. The van der Waals surface area contributed by atoms with E-state index in [0.29, 0.717) is 36.0 Å². The van der Waals surface area contributed by atoms with Gasteiger partial charge in [0, 0.05) is 47.2 Å². The van der Waals surface area contributed by atoms with Gasteiger partial charge in [0.25, 0.3) is 0 Å². The first-order chi connectivity index (χ1) is 13.7. The first-order valence-electron chi connectivity index (χ1n) is 8.63. The average Bonchev–Trinajstić information content (AvgIpc) is 3.10. The number of amides is 1. The number of hydrogen-bond donors (Lipinski definition) is 1. The van der Waals surface area contributed by atoms with Gasteiger partial charge < -0.3 is 14.9 Å². The topological polar surface area (TPSA) is 56.7 Å². The highest BCUT2D eigenvalue weighted by molar-refractivity contribution is 9.12. The summed E-state index contributed by atoms with van der Waals surface area (Å²) in [7, 11) is 0. The van der Waals surface area contributed by atoms with Crippen LogP contribution in [0.4, 0.5) is 9.39 Å². The molecule has 1 aliphatic heterocycles. The standard InChI is InChI=1S/C20H18BrClFN3O2S/c1-4-16(28)25-5-7-26(8-6-25)20-14-10-15(22)17(18(23)19(14)24-29-20)13(12(3)21)9-11(2)27/h4,9-10,27H,1-3,5-8H2/b13-9+. The number of rotatable bonds is 5. The summed E-state index contributed by atoms with van der Waals surface area (Å²) in [5.74, 6) is -0.942. The third-order valence-corrected chi connectivity index (χ3v) is 6.22. The van der Waals surface area contributed by atoms with Crippen LogP contribution < -0.4 is 4.90 Å². The number of nitrogens with zero attached hydrogens (tertiary/aromatic N) is 3. The van der Waals surface area contributed by atoms with Gasteiger partial charge in [0.1, 0.15) is 16.3 Å². The molecule has 0 atom stereocenters. The van der Waals surface area contributed by atoms with E-state index in [1.165, 1.54) is 23.7 Å². The van der Waals surface area contributed by atoms with Crippen molar-refractivity contribution in [2.45, 2.75) is 0 Å². The van der Waals surface area contributed by atoms with Crippen molar-refractivity contribution < 1.29 is 14.3 Å². The molecule has 0 saturated carbocycles. The van der Waals surface area contributed by atoms with Crippen LogP contribution in [0.5, 0.6) is 0 Å². The predicted octanol–water partition coefficient (Wildman–Crippen LogP) is 5.29. The highest BCUT2D eigenvalue weighted by Gasteiger charge is 2.26. The maximum atomic E-state index is 15.3. The van der Waals surface area contributed by atoms with Crippen molar-refractivity contribution in [1.82, 2.24) is 9.27 Å². The maximum absolute atomic E-state index is 15.3. The van der Waals surface area contributed by atoms with E-state index in [1.807, 2.05) is 0 Å². The van der Waals surface area contributed by atoms with Gasteiger partial charge in [-0.2, -0.15) is 4.37 Å². The minimum absolute atomic E-state index is 0.0921. The number of anilines is 1. The van der Waals surface area contributed by atoms with Gasteiger partial charge in [0.05, 0.1) is 5.02 Å². The molecule has 1 aromatic heterocycles. The van der Waals surface area contributed by atoms with Crippen LogP contribution in [0.15, 0.2) is 48.2 Å². The molecule has 152 valence electrons. The minimum atomic E-state index is -0.594. The van der Waals surface area contributed by atoms with E-state index in [0.717, 1.165) is 5.00 Å². The van der Waals surface area contributed by atoms with Crippen LogP contribution in [0.2, 0.25) is 5.02 Å². The minimum Gasteiger partial charge on any atom is -0.509 e. The Morgan fingerprint density at radius 3 is 2.55 bits per heavy atom. The van der Waals surface area contributed by atoms with Crippen molar-refractivity contribution in [3.63, 3.8) is 0 Å². The van der Waals surface area contributed by atoms with Gasteiger partial charge >= 0.3 is 0 Å². The molecule has 1 saturated heterocycles. The Labute approximate surface area is 185 Å². The molecular formula is C20H18BrClFN3O2S. The predicted molar refractivity (Wildman–Crippen MR) is 121 cm³/mol. The third kappa shape index (κ3) is 4.24. The van der Waals surface area contributed by atoms with Gasteiger partial charge in [-0.25, -0.2) is 4.39 Å². The van der Waals surface area contributed by atoms with E-state index < -0.39 is 5.82 Å². The number of halogens is 3. The molecule has 0 bridgehead atoms. The van der Waals surface area contributed by atoms with Crippen LogP contribution in [-0.4, -0.2) is 46.5 Å². The van der Waals surface area contributed by atoms with Crippen molar-refractivity contribution in [2.75, 3.05) is 31.1 Å². The van der Waals surface area contributed by atoms with E-state index in [4.69, 9.17) is 11.6 Å². The summed E-state index contributed by atoms with van der Waals surface area (Å²) in [6.45, 7) is 13.0. The lowest BCUT2D eigenvalue weighted by Crippen LogP contribution is -2.48. The number of aliphatic hydroxyl groups is 1. The number of piperazine rings is 1. The van der Waals surface area contributed by atoms with Gasteiger partial charge in [-0.1, -0.05) is 47.3 Å². The molecule has 29 heavy (non-hydrogen) atoms. The second kappa shape index (κ2) is 8.69. The van der Waals surface area contributed by atoms with Crippen LogP contribution in [0.1, 0.15) is 5.56 Å². The second-order valence-corrected chi connectivity index (χ2v) is 8.52. The fourth-order valence-electron chi connectivity index (χ4n) is 3.19. The zero-order valence-corrected chi connectivity index (χ0v) is 18.6. The normalized spacial score (nSPS) is 14.9. The molecular weight excluding hydrogens is 481 g/mol. The molecule has 0 radical (unpaired) electrons. The summed E-state index contributed by atoms with van der Waals surface area (Å²) < 4.78 is 20.0. The van der Waals surface area contributed by atoms with E-state index in [1.54, 1.807) is 11.0 Å². The number of carbonyl (C=O) groups is 1. The number of aliphatic hydroxyl groups excluding tert-OH is 1. The van der Waals surface area contributed by atoms with E-state index in [-0.39, 0.29) is 33.3 Å². The summed E-state index contributed by atoms with van der Waals surface area (Å²) in [6.07, 6.45) is 2.59. The van der Waals surface area contributed by atoms with E-state index >= 15 is 4.39 Å². The van der Waals surface area contributed by atoms with Crippen molar-refractivity contribution in [3.05, 3.63) is 64.6 Å². The van der Waals surface area contributed by atoms with Crippen molar-refractivity contribution in [1.29, 1.82) is 0 Å². The molecule has 0 aliphatic carbocycles. The summed E-state index contributed by atoms with van der Waals surface area (Å²) in [6, 6.07) is 1.67. The molecule has 0 unspecified atom stereocenters. The largest absolute Gasteiger partial charge is 0.509 e. The van der Waals surface area contributed by atoms with Gasteiger partial charge in [0.2, 0.25) is 5.91 Å². The summed E-state index contributed by atoms with van der Waals surface area (Å²) in [4.78, 5) is 15.6. The molecule has 1 aliphatic rings. The molecule has 1 N–H and O–H groups in total. The number of carbonyl (C=O) groups excluding carboxylic acids is 1. The summed E-state index contributed by atoms with van der Waals surface area (Å²) >= 11 is 10.8. The third-order valence-electron chi connectivity index (χ3n) is 4.57. The summed E-state index contributed by atoms with van der Waals surface area (Å²) in [5.41, 5.74) is 0.569. The van der Waals surface area contributed by atoms with Crippen LogP contribution in [-0.2, 0) is 4.79 Å². The first kappa shape index (κ1) is 21.5. The Bertz CT molecular complexity index is 1060. The molecule has 1 fully saturated rings. The zero-order chi connectivity index (χ0) is 21.3. The molecule has 9 heteroatoms. The highest BCUT2D eigenvalue weighted by atomic mass is 79.9. The Hall–Kier alpha value is -2.16. The average molecular weight is 499 g/mol. The molecule has 1 amide bonds. The van der Waals surface area contributed by atoms with E-state index in [2.05, 4.69) is 44.9 Å². The van der Waals surface area contributed by atoms with Gasteiger partial charge in [-0.3, -0.25) is 4.79 Å². The molecule has 1 aromatic carbocycles. The van der Waals surface area contributed by atoms with Crippen LogP contribution in [0, 0.1) is 5.82 Å². The van der Waals surface area contributed by atoms with Crippen LogP contribution in [0.25, 0.3) is 16.5 Å². The maximum Gasteiger partial charge on any atom is 0.246 e. The smallest absolute Gasteiger partial charge is 0.246 e. The summed E-state index contributed by atoms with van der Waals surface area (Å²) in [5, 5.41) is 11.1. The lowest BCUT2D eigenvalue weighted by Gasteiger charge is -2.34.